The van der Waals surface area contributed by atoms with Crippen LogP contribution in [-0.4, -0.2) is 29.1 Å². The molecular formula is C10H18N2O3. The molecule has 3 atom stereocenters. The van der Waals surface area contributed by atoms with Crippen molar-refractivity contribution in [3.63, 3.8) is 0 Å². The van der Waals surface area contributed by atoms with E-state index in [9.17, 15) is 9.59 Å². The highest BCUT2D eigenvalue weighted by Crippen LogP contribution is 2.38. The van der Waals surface area contributed by atoms with E-state index in [2.05, 4.69) is 5.32 Å². The molecule has 1 saturated carbocycles. The smallest absolute Gasteiger partial charge is 0.311 e. The average molecular weight is 214 g/mol. The lowest BCUT2D eigenvalue weighted by atomic mass is 9.85. The van der Waals surface area contributed by atoms with Gasteiger partial charge in [0.05, 0.1) is 11.5 Å². The zero-order valence-corrected chi connectivity index (χ0v) is 9.12. The van der Waals surface area contributed by atoms with Crippen LogP contribution in [0.4, 0.5) is 0 Å². The van der Waals surface area contributed by atoms with Gasteiger partial charge in [-0.2, -0.15) is 0 Å². The number of amides is 1. The Balaban J connectivity index is 2.70. The number of rotatable bonds is 3. The number of carbonyl (C=O) groups excluding carboxylic acids is 1. The second-order valence-corrected chi connectivity index (χ2v) is 4.46. The van der Waals surface area contributed by atoms with Crippen LogP contribution in [-0.2, 0) is 9.59 Å². The number of carbonyl (C=O) groups is 2. The third-order valence-corrected chi connectivity index (χ3v) is 3.18. The zero-order valence-electron chi connectivity index (χ0n) is 9.12. The molecule has 1 amide bonds. The fourth-order valence-corrected chi connectivity index (χ4v) is 1.96. The number of hydrogen-bond acceptors (Lipinski definition) is 3. The largest absolute Gasteiger partial charge is 0.481 e. The number of carboxylic acids is 1. The molecule has 0 aromatic rings. The second-order valence-electron chi connectivity index (χ2n) is 4.46. The Morgan fingerprint density at radius 3 is 2.67 bits per heavy atom. The second kappa shape index (κ2) is 4.18. The summed E-state index contributed by atoms with van der Waals surface area (Å²) in [5.74, 6) is -1.13. The number of nitrogens with one attached hydrogen (secondary N) is 1. The summed E-state index contributed by atoms with van der Waals surface area (Å²) in [4.78, 5) is 22.5. The van der Waals surface area contributed by atoms with Crippen molar-refractivity contribution in [3.05, 3.63) is 0 Å². The molecule has 5 heteroatoms. The molecule has 5 nitrogen and oxygen atoms in total. The summed E-state index contributed by atoms with van der Waals surface area (Å²) in [5, 5.41) is 11.8. The fraction of sp³-hybridized carbons (Fsp3) is 0.800. The Bertz CT molecular complexity index is 278. The lowest BCUT2D eigenvalue weighted by molar-refractivity contribution is -0.149. The summed E-state index contributed by atoms with van der Waals surface area (Å²) < 4.78 is 0. The van der Waals surface area contributed by atoms with Gasteiger partial charge < -0.3 is 16.2 Å². The van der Waals surface area contributed by atoms with E-state index in [0.29, 0.717) is 12.8 Å². The highest BCUT2D eigenvalue weighted by atomic mass is 16.4. The molecule has 3 unspecified atom stereocenters. The predicted molar refractivity (Wildman–Crippen MR) is 55.2 cm³/mol. The number of hydrogen-bond donors (Lipinski definition) is 3. The zero-order chi connectivity index (χ0) is 11.6. The summed E-state index contributed by atoms with van der Waals surface area (Å²) >= 11 is 0. The van der Waals surface area contributed by atoms with Gasteiger partial charge in [0.2, 0.25) is 5.91 Å². The van der Waals surface area contributed by atoms with E-state index in [1.807, 2.05) is 0 Å². The van der Waals surface area contributed by atoms with Crippen LogP contribution in [0.1, 0.15) is 33.1 Å². The Labute approximate surface area is 89.0 Å². The monoisotopic (exact) mass is 214 g/mol. The third-order valence-electron chi connectivity index (χ3n) is 3.18. The quantitative estimate of drug-likeness (QED) is 0.621. The van der Waals surface area contributed by atoms with Crippen molar-refractivity contribution in [1.29, 1.82) is 0 Å². The van der Waals surface area contributed by atoms with Crippen molar-refractivity contribution >= 4 is 11.9 Å². The van der Waals surface area contributed by atoms with Crippen LogP contribution in [0.3, 0.4) is 0 Å². The molecule has 86 valence electrons. The molecule has 0 saturated heterocycles. The van der Waals surface area contributed by atoms with Crippen molar-refractivity contribution in [2.24, 2.45) is 11.1 Å². The van der Waals surface area contributed by atoms with Crippen LogP contribution in [0.2, 0.25) is 0 Å². The minimum Gasteiger partial charge on any atom is -0.481 e. The maximum Gasteiger partial charge on any atom is 0.311 e. The molecular weight excluding hydrogens is 196 g/mol. The minimum absolute atomic E-state index is 0.283. The van der Waals surface area contributed by atoms with Gasteiger partial charge in [-0.25, -0.2) is 0 Å². The molecule has 1 fully saturated rings. The molecule has 0 radical (unpaired) electrons. The molecule has 1 aliphatic carbocycles. The molecule has 0 heterocycles. The van der Waals surface area contributed by atoms with Crippen LogP contribution in [0.5, 0.6) is 0 Å². The Kier molecular flexibility index (Phi) is 3.34. The lowest BCUT2D eigenvalue weighted by Gasteiger charge is -2.28. The van der Waals surface area contributed by atoms with Crippen molar-refractivity contribution in [2.75, 3.05) is 0 Å². The summed E-state index contributed by atoms with van der Waals surface area (Å²) in [6, 6.07) is -0.892. The fourth-order valence-electron chi connectivity index (χ4n) is 1.96. The maximum absolute atomic E-state index is 11.4. The topological polar surface area (TPSA) is 92.4 Å². The van der Waals surface area contributed by atoms with Gasteiger partial charge in [-0.1, -0.05) is 6.42 Å². The molecule has 15 heavy (non-hydrogen) atoms. The summed E-state index contributed by atoms with van der Waals surface area (Å²) in [6.07, 6.45) is 2.14. The van der Waals surface area contributed by atoms with Crippen molar-refractivity contribution in [3.8, 4) is 0 Å². The van der Waals surface area contributed by atoms with Crippen molar-refractivity contribution in [2.45, 2.75) is 45.2 Å². The summed E-state index contributed by atoms with van der Waals surface area (Å²) in [7, 11) is 0. The first-order valence-electron chi connectivity index (χ1n) is 5.17. The number of carboxylic acid groups (broad SMARTS) is 1. The van der Waals surface area contributed by atoms with E-state index in [0.717, 1.165) is 6.42 Å². The Morgan fingerprint density at radius 2 is 2.20 bits per heavy atom. The number of nitrogens with two attached hydrogens (primary N) is 1. The van der Waals surface area contributed by atoms with E-state index < -0.39 is 17.4 Å². The maximum atomic E-state index is 11.4. The van der Waals surface area contributed by atoms with Crippen LogP contribution in [0.15, 0.2) is 0 Å². The SMILES string of the molecule is CC(N)C(=O)NC1CCCC1(C)C(=O)O. The highest BCUT2D eigenvalue weighted by molar-refractivity contribution is 5.83. The predicted octanol–water partition coefficient (Wildman–Crippen LogP) is 0.0932. The van der Waals surface area contributed by atoms with Crippen LogP contribution >= 0.6 is 0 Å². The average Bonchev–Trinajstić information content (AvgIpc) is 2.49. The van der Waals surface area contributed by atoms with Crippen LogP contribution in [0.25, 0.3) is 0 Å². The molecule has 1 aliphatic rings. The summed E-state index contributed by atoms with van der Waals surface area (Å²) in [5.41, 5.74) is 4.58. The van der Waals surface area contributed by atoms with Gasteiger partial charge >= 0.3 is 5.97 Å². The summed E-state index contributed by atoms with van der Waals surface area (Å²) in [6.45, 7) is 3.26. The van der Waals surface area contributed by atoms with E-state index in [-0.39, 0.29) is 11.9 Å². The van der Waals surface area contributed by atoms with Crippen molar-refractivity contribution < 1.29 is 14.7 Å². The van der Waals surface area contributed by atoms with Gasteiger partial charge in [0.15, 0.2) is 0 Å². The van der Waals surface area contributed by atoms with Gasteiger partial charge in [-0.05, 0) is 26.7 Å². The van der Waals surface area contributed by atoms with E-state index in [4.69, 9.17) is 10.8 Å². The molecule has 0 aliphatic heterocycles. The minimum atomic E-state index is -0.852. The molecule has 4 N–H and O–H groups in total. The van der Waals surface area contributed by atoms with E-state index >= 15 is 0 Å². The first-order valence-corrected chi connectivity index (χ1v) is 5.17. The third kappa shape index (κ3) is 2.28. The molecule has 0 aromatic heterocycles. The first-order chi connectivity index (χ1) is 6.88. The van der Waals surface area contributed by atoms with Gasteiger partial charge in [0, 0.05) is 6.04 Å². The van der Waals surface area contributed by atoms with Crippen LogP contribution < -0.4 is 11.1 Å². The molecule has 0 spiro atoms. The van der Waals surface area contributed by atoms with Gasteiger partial charge in [0.1, 0.15) is 0 Å². The molecule has 1 rings (SSSR count). The number of aliphatic carboxylic acids is 1. The van der Waals surface area contributed by atoms with E-state index in [1.165, 1.54) is 0 Å². The van der Waals surface area contributed by atoms with Crippen LogP contribution in [0, 0.1) is 5.41 Å². The molecule has 0 aromatic carbocycles. The standard InChI is InChI=1S/C10H18N2O3/c1-6(11)8(13)12-7-4-3-5-10(7,2)9(14)15/h6-7H,3-5,11H2,1-2H3,(H,12,13)(H,14,15). The molecule has 0 bridgehead atoms. The van der Waals surface area contributed by atoms with Gasteiger partial charge in [0.25, 0.3) is 0 Å². The Morgan fingerprint density at radius 1 is 1.60 bits per heavy atom. The van der Waals surface area contributed by atoms with Gasteiger partial charge in [-0.3, -0.25) is 9.59 Å². The highest BCUT2D eigenvalue weighted by Gasteiger charge is 2.45. The van der Waals surface area contributed by atoms with Crippen molar-refractivity contribution in [1.82, 2.24) is 5.32 Å². The van der Waals surface area contributed by atoms with Gasteiger partial charge in [-0.15, -0.1) is 0 Å². The van der Waals surface area contributed by atoms with E-state index in [1.54, 1.807) is 13.8 Å². The normalized spacial score (nSPS) is 32.3. The lowest BCUT2D eigenvalue weighted by Crippen LogP contribution is -2.51. The first kappa shape index (κ1) is 12.0. The Hall–Kier alpha value is -1.10.